The summed E-state index contributed by atoms with van der Waals surface area (Å²) in [6.45, 7) is 1.79. The van der Waals surface area contributed by atoms with Crippen molar-refractivity contribution in [1.29, 1.82) is 0 Å². The monoisotopic (exact) mass is 316 g/mol. The minimum Gasteiger partial charge on any atom is -0.385 e. The minimum atomic E-state index is -0.473. The molecule has 1 amide bonds. The summed E-state index contributed by atoms with van der Waals surface area (Å²) in [4.78, 5) is 18.3. The molecule has 5 nitrogen and oxygen atoms in total. The second-order valence-electron chi connectivity index (χ2n) is 5.45. The van der Waals surface area contributed by atoms with Crippen molar-refractivity contribution in [1.82, 2.24) is 9.88 Å². The first-order valence-corrected chi connectivity index (χ1v) is 7.47. The number of rotatable bonds is 7. The van der Waals surface area contributed by atoms with Gasteiger partial charge in [0.05, 0.1) is 5.69 Å². The summed E-state index contributed by atoms with van der Waals surface area (Å²) in [5.41, 5.74) is 1.20. The number of nitrogens with one attached hydrogen (secondary N) is 2. The van der Waals surface area contributed by atoms with Crippen LogP contribution in [-0.4, -0.2) is 43.0 Å². The molecule has 2 aromatic rings. The quantitative estimate of drug-likeness (QED) is 0.771. The Hall–Kier alpha value is -2.47. The Morgan fingerprint density at radius 1 is 1.26 bits per heavy atom. The number of aromatic nitrogens is 1. The minimum absolute atomic E-state index is 0.142. The Morgan fingerprint density at radius 2 is 2.04 bits per heavy atom. The lowest BCUT2D eigenvalue weighted by molar-refractivity contribution is 0.102. The molecule has 0 fully saturated rings. The zero-order valence-electron chi connectivity index (χ0n) is 13.3. The van der Waals surface area contributed by atoms with E-state index in [1.165, 1.54) is 12.1 Å². The van der Waals surface area contributed by atoms with Gasteiger partial charge in [-0.3, -0.25) is 9.78 Å². The Kier molecular flexibility index (Phi) is 6.05. The van der Waals surface area contributed by atoms with E-state index in [1.807, 2.05) is 14.1 Å². The first-order valence-electron chi connectivity index (χ1n) is 7.47. The number of nitrogens with zero attached hydrogens (tertiary/aromatic N) is 2. The van der Waals surface area contributed by atoms with Gasteiger partial charge in [-0.05, 0) is 51.3 Å². The van der Waals surface area contributed by atoms with Crippen LogP contribution in [0.3, 0.4) is 0 Å². The molecule has 0 saturated heterocycles. The van der Waals surface area contributed by atoms with Crippen LogP contribution in [0, 0.1) is 5.82 Å². The first-order chi connectivity index (χ1) is 11.1. The fraction of sp³-hybridized carbons (Fsp3) is 0.294. The Balaban J connectivity index is 1.96. The average molecular weight is 316 g/mol. The number of halogens is 1. The van der Waals surface area contributed by atoms with Crippen LogP contribution in [0.4, 0.5) is 15.8 Å². The molecule has 2 rings (SSSR count). The lowest BCUT2D eigenvalue weighted by atomic mass is 10.2. The number of amides is 1. The van der Waals surface area contributed by atoms with Crippen molar-refractivity contribution >= 4 is 17.3 Å². The molecule has 0 aliphatic carbocycles. The maximum absolute atomic E-state index is 13.6. The third-order valence-electron chi connectivity index (χ3n) is 3.23. The van der Waals surface area contributed by atoms with E-state index < -0.39 is 11.7 Å². The highest BCUT2D eigenvalue weighted by molar-refractivity contribution is 6.03. The summed E-state index contributed by atoms with van der Waals surface area (Å²) >= 11 is 0. The fourth-order valence-electron chi connectivity index (χ4n) is 2.04. The summed E-state index contributed by atoms with van der Waals surface area (Å²) in [5, 5.41) is 5.77. The van der Waals surface area contributed by atoms with Gasteiger partial charge in [-0.2, -0.15) is 0 Å². The topological polar surface area (TPSA) is 57.3 Å². The van der Waals surface area contributed by atoms with E-state index in [2.05, 4.69) is 20.5 Å². The van der Waals surface area contributed by atoms with Crippen molar-refractivity contribution < 1.29 is 9.18 Å². The molecule has 0 aliphatic heterocycles. The molecule has 0 unspecified atom stereocenters. The molecule has 0 radical (unpaired) electrons. The molecule has 0 aliphatic rings. The van der Waals surface area contributed by atoms with Crippen LogP contribution in [0.25, 0.3) is 0 Å². The summed E-state index contributed by atoms with van der Waals surface area (Å²) in [6, 6.07) is 9.50. The zero-order valence-corrected chi connectivity index (χ0v) is 13.3. The van der Waals surface area contributed by atoms with Gasteiger partial charge in [0.2, 0.25) is 0 Å². The van der Waals surface area contributed by atoms with E-state index in [4.69, 9.17) is 0 Å². The van der Waals surface area contributed by atoms with Gasteiger partial charge >= 0.3 is 0 Å². The number of anilines is 2. The molecule has 23 heavy (non-hydrogen) atoms. The second-order valence-corrected chi connectivity index (χ2v) is 5.45. The molecular formula is C17H21FN4O. The molecule has 2 N–H and O–H groups in total. The summed E-state index contributed by atoms with van der Waals surface area (Å²) < 4.78 is 13.6. The predicted molar refractivity (Wildman–Crippen MR) is 90.3 cm³/mol. The highest BCUT2D eigenvalue weighted by Crippen LogP contribution is 2.15. The van der Waals surface area contributed by atoms with Gasteiger partial charge < -0.3 is 15.5 Å². The number of hydrogen-bond acceptors (Lipinski definition) is 4. The Labute approximate surface area is 135 Å². The van der Waals surface area contributed by atoms with E-state index in [9.17, 15) is 9.18 Å². The summed E-state index contributed by atoms with van der Waals surface area (Å²) in [5.74, 6) is -0.911. The highest BCUT2D eigenvalue weighted by atomic mass is 19.1. The molecular weight excluding hydrogens is 295 g/mol. The van der Waals surface area contributed by atoms with Gasteiger partial charge in [-0.15, -0.1) is 0 Å². The van der Waals surface area contributed by atoms with Gasteiger partial charge in [-0.1, -0.05) is 12.1 Å². The summed E-state index contributed by atoms with van der Waals surface area (Å²) in [6.07, 6.45) is 2.55. The molecule has 122 valence electrons. The van der Waals surface area contributed by atoms with Crippen LogP contribution in [0.5, 0.6) is 0 Å². The lowest BCUT2D eigenvalue weighted by Gasteiger charge is -2.11. The van der Waals surface area contributed by atoms with Gasteiger partial charge in [0.1, 0.15) is 11.5 Å². The van der Waals surface area contributed by atoms with Crippen LogP contribution < -0.4 is 10.6 Å². The van der Waals surface area contributed by atoms with Crippen LogP contribution in [0.2, 0.25) is 0 Å². The van der Waals surface area contributed by atoms with Crippen LogP contribution in [-0.2, 0) is 0 Å². The first kappa shape index (κ1) is 16.9. The average Bonchev–Trinajstić information content (AvgIpc) is 2.54. The van der Waals surface area contributed by atoms with Crippen LogP contribution in [0.1, 0.15) is 16.9 Å². The maximum atomic E-state index is 13.6. The summed E-state index contributed by atoms with van der Waals surface area (Å²) in [7, 11) is 4.05. The van der Waals surface area contributed by atoms with E-state index in [0.717, 1.165) is 25.2 Å². The molecule has 0 spiro atoms. The normalized spacial score (nSPS) is 10.6. The third-order valence-corrected chi connectivity index (χ3v) is 3.23. The van der Waals surface area contributed by atoms with Gasteiger partial charge in [0.15, 0.2) is 0 Å². The number of pyridine rings is 1. The number of benzene rings is 1. The Morgan fingerprint density at radius 3 is 2.78 bits per heavy atom. The van der Waals surface area contributed by atoms with Crippen molar-refractivity contribution in [2.75, 3.05) is 37.8 Å². The predicted octanol–water partition coefficient (Wildman–Crippen LogP) is 2.84. The lowest BCUT2D eigenvalue weighted by Crippen LogP contribution is -2.17. The van der Waals surface area contributed by atoms with Crippen molar-refractivity contribution in [2.24, 2.45) is 0 Å². The largest absolute Gasteiger partial charge is 0.385 e. The van der Waals surface area contributed by atoms with Gasteiger partial charge in [0.25, 0.3) is 5.91 Å². The maximum Gasteiger partial charge on any atom is 0.274 e. The van der Waals surface area contributed by atoms with E-state index in [0.29, 0.717) is 0 Å². The third kappa shape index (κ3) is 5.34. The van der Waals surface area contributed by atoms with Gasteiger partial charge in [0, 0.05) is 18.4 Å². The van der Waals surface area contributed by atoms with E-state index in [-0.39, 0.29) is 11.4 Å². The standard InChI is InChI=1S/C17H21FN4O/c1-22(2)11-5-9-19-13-8-10-20-16(12-13)17(23)21-15-7-4-3-6-14(15)18/h3-4,6-8,10,12H,5,9,11H2,1-2H3,(H,19,20)(H,21,23). The zero-order chi connectivity index (χ0) is 16.7. The van der Waals surface area contributed by atoms with Crippen molar-refractivity contribution in [3.63, 3.8) is 0 Å². The highest BCUT2D eigenvalue weighted by Gasteiger charge is 2.10. The van der Waals surface area contributed by atoms with Crippen molar-refractivity contribution in [2.45, 2.75) is 6.42 Å². The van der Waals surface area contributed by atoms with Crippen molar-refractivity contribution in [3.8, 4) is 0 Å². The number of carbonyl (C=O) groups excluding carboxylic acids is 1. The van der Waals surface area contributed by atoms with Gasteiger partial charge in [-0.25, -0.2) is 4.39 Å². The number of hydrogen-bond donors (Lipinski definition) is 2. The molecule has 0 saturated carbocycles. The van der Waals surface area contributed by atoms with Crippen LogP contribution >= 0.6 is 0 Å². The molecule has 1 heterocycles. The SMILES string of the molecule is CN(C)CCCNc1ccnc(C(=O)Nc2ccccc2F)c1. The van der Waals surface area contributed by atoms with Crippen LogP contribution in [0.15, 0.2) is 42.6 Å². The molecule has 1 aromatic carbocycles. The van der Waals surface area contributed by atoms with E-state index in [1.54, 1.807) is 30.5 Å². The van der Waals surface area contributed by atoms with E-state index >= 15 is 0 Å². The molecule has 0 bridgehead atoms. The fourth-order valence-corrected chi connectivity index (χ4v) is 2.04. The Bertz CT molecular complexity index is 661. The molecule has 0 atom stereocenters. The number of carbonyl (C=O) groups is 1. The molecule has 6 heteroatoms. The number of para-hydroxylation sites is 1. The van der Waals surface area contributed by atoms with Crippen molar-refractivity contribution in [3.05, 3.63) is 54.1 Å². The second kappa shape index (κ2) is 8.24. The smallest absolute Gasteiger partial charge is 0.274 e. The molecule has 1 aromatic heterocycles.